The van der Waals surface area contributed by atoms with Crippen molar-refractivity contribution in [3.63, 3.8) is 0 Å². The van der Waals surface area contributed by atoms with Crippen molar-refractivity contribution in [3.8, 4) is 16.9 Å². The topological polar surface area (TPSA) is 64.0 Å². The van der Waals surface area contributed by atoms with Crippen molar-refractivity contribution in [1.29, 1.82) is 0 Å². The molecule has 31 heavy (non-hydrogen) atoms. The molecule has 1 heterocycles. The summed E-state index contributed by atoms with van der Waals surface area (Å²) in [7, 11) is 0. The Kier molecular flexibility index (Phi) is 6.37. The number of rotatable bonds is 5. The first kappa shape index (κ1) is 21.9. The highest BCUT2D eigenvalue weighted by Crippen LogP contribution is 2.33. The number of nitrogens with one attached hydrogen (secondary N) is 1. The summed E-state index contributed by atoms with van der Waals surface area (Å²) in [6, 6.07) is 12.2. The number of nitrogens with zero attached hydrogens (tertiary/aromatic N) is 2. The second kappa shape index (κ2) is 9.03. The number of Topliss-reactive ketones (excluding diaryl/α,β-unsaturated/α-hetero) is 1. The lowest BCUT2D eigenvalue weighted by molar-refractivity contribution is -0.117. The van der Waals surface area contributed by atoms with E-state index in [4.69, 9.17) is 34.8 Å². The Bertz CT molecular complexity index is 1150. The summed E-state index contributed by atoms with van der Waals surface area (Å²) < 4.78 is 1.58. The van der Waals surface area contributed by atoms with Gasteiger partial charge in [0.25, 0.3) is 11.7 Å². The number of benzene rings is 2. The van der Waals surface area contributed by atoms with Crippen LogP contribution in [0.25, 0.3) is 16.9 Å². The van der Waals surface area contributed by atoms with Gasteiger partial charge in [-0.2, -0.15) is 5.10 Å². The Morgan fingerprint density at radius 2 is 1.65 bits per heavy atom. The molecule has 3 aromatic rings. The molecule has 2 aromatic carbocycles. The number of carbonyl (C=O) groups is 2. The zero-order chi connectivity index (χ0) is 22.1. The average molecular weight is 477 g/mol. The van der Waals surface area contributed by atoms with Gasteiger partial charge >= 0.3 is 0 Å². The zero-order valence-corrected chi connectivity index (χ0v) is 19.1. The second-order valence-electron chi connectivity index (χ2n) is 7.62. The van der Waals surface area contributed by atoms with Crippen LogP contribution in [0.5, 0.6) is 0 Å². The summed E-state index contributed by atoms with van der Waals surface area (Å²) in [5.41, 5.74) is 2.66. The molecule has 0 unspecified atom stereocenters. The fourth-order valence-corrected chi connectivity index (χ4v) is 4.53. The highest BCUT2D eigenvalue weighted by atomic mass is 35.5. The van der Waals surface area contributed by atoms with E-state index in [-0.39, 0.29) is 11.7 Å². The van der Waals surface area contributed by atoms with Crippen molar-refractivity contribution in [2.24, 2.45) is 0 Å². The lowest BCUT2D eigenvalue weighted by atomic mass is 10.0. The van der Waals surface area contributed by atoms with Gasteiger partial charge in [0.2, 0.25) is 0 Å². The van der Waals surface area contributed by atoms with Crippen LogP contribution in [0.4, 0.5) is 0 Å². The number of hydrogen-bond acceptors (Lipinski definition) is 3. The van der Waals surface area contributed by atoms with Gasteiger partial charge in [-0.3, -0.25) is 9.59 Å². The fraction of sp³-hybridized carbons (Fsp3) is 0.261. The molecule has 1 amide bonds. The number of ketones is 1. The maximum atomic E-state index is 13.0. The monoisotopic (exact) mass is 475 g/mol. The van der Waals surface area contributed by atoms with Crippen molar-refractivity contribution in [3.05, 3.63) is 68.8 Å². The maximum absolute atomic E-state index is 13.0. The zero-order valence-electron chi connectivity index (χ0n) is 16.8. The van der Waals surface area contributed by atoms with Crippen molar-refractivity contribution in [1.82, 2.24) is 15.1 Å². The first-order chi connectivity index (χ1) is 14.8. The van der Waals surface area contributed by atoms with Crippen LogP contribution in [0.15, 0.2) is 42.5 Å². The van der Waals surface area contributed by atoms with Crippen molar-refractivity contribution < 1.29 is 9.59 Å². The molecular weight excluding hydrogens is 457 g/mol. The standard InChI is InChI=1S/C23H20Cl3N3O2/c1-13-20(22(30)23(31)27-17-4-2-3-5-17)28-29(19-11-10-16(25)12-18(19)26)21(13)14-6-8-15(24)9-7-14/h6-12,17H,2-5H2,1H3,(H,27,31). The predicted octanol–water partition coefficient (Wildman–Crippen LogP) is 6.05. The first-order valence-corrected chi connectivity index (χ1v) is 11.1. The summed E-state index contributed by atoms with van der Waals surface area (Å²) in [6.07, 6.45) is 3.90. The Morgan fingerprint density at radius 3 is 2.29 bits per heavy atom. The van der Waals surface area contributed by atoms with Crippen molar-refractivity contribution >= 4 is 46.5 Å². The van der Waals surface area contributed by atoms with Crippen LogP contribution in [0, 0.1) is 6.92 Å². The Morgan fingerprint density at radius 1 is 1.00 bits per heavy atom. The average Bonchev–Trinajstić information content (AvgIpc) is 3.36. The highest BCUT2D eigenvalue weighted by Gasteiger charge is 2.29. The van der Waals surface area contributed by atoms with Crippen LogP contribution in [0.3, 0.4) is 0 Å². The fourth-order valence-electron chi connectivity index (χ4n) is 3.91. The van der Waals surface area contributed by atoms with Gasteiger partial charge in [0.1, 0.15) is 5.69 Å². The minimum atomic E-state index is -0.663. The van der Waals surface area contributed by atoms with E-state index in [0.29, 0.717) is 32.0 Å². The summed E-state index contributed by atoms with van der Waals surface area (Å²) in [6.45, 7) is 1.77. The molecule has 1 aliphatic carbocycles. The third-order valence-corrected chi connectivity index (χ3v) is 6.28. The molecule has 160 valence electrons. The normalized spacial score (nSPS) is 14.1. The third kappa shape index (κ3) is 4.49. The van der Waals surface area contributed by atoms with E-state index in [2.05, 4.69) is 10.4 Å². The summed E-state index contributed by atoms with van der Waals surface area (Å²) >= 11 is 18.5. The molecule has 0 saturated heterocycles. The van der Waals surface area contributed by atoms with Crippen molar-refractivity contribution in [2.45, 2.75) is 38.6 Å². The molecule has 1 N–H and O–H groups in total. The summed E-state index contributed by atoms with van der Waals surface area (Å²) in [4.78, 5) is 25.6. The largest absolute Gasteiger partial charge is 0.346 e. The SMILES string of the molecule is Cc1c(C(=O)C(=O)NC2CCCC2)nn(-c2ccc(Cl)cc2Cl)c1-c1ccc(Cl)cc1. The van der Waals surface area contributed by atoms with E-state index in [9.17, 15) is 9.59 Å². The van der Waals surface area contributed by atoms with Crippen LogP contribution in [-0.2, 0) is 4.79 Å². The first-order valence-electron chi connectivity index (χ1n) is 10.0. The van der Waals surface area contributed by atoms with Gasteiger partial charge in [0.15, 0.2) is 0 Å². The minimum Gasteiger partial charge on any atom is -0.346 e. The molecule has 5 nitrogen and oxygen atoms in total. The molecule has 0 bridgehead atoms. The highest BCUT2D eigenvalue weighted by molar-refractivity contribution is 6.43. The van der Waals surface area contributed by atoms with Gasteiger partial charge in [-0.05, 0) is 50.1 Å². The van der Waals surface area contributed by atoms with Crippen molar-refractivity contribution in [2.75, 3.05) is 0 Å². The van der Waals surface area contributed by atoms with E-state index < -0.39 is 11.7 Å². The van der Waals surface area contributed by atoms with E-state index in [1.54, 1.807) is 41.9 Å². The van der Waals surface area contributed by atoms with Gasteiger partial charge in [0, 0.05) is 27.2 Å². The van der Waals surface area contributed by atoms with Crippen LogP contribution in [0.1, 0.15) is 41.7 Å². The molecule has 0 aliphatic heterocycles. The van der Waals surface area contributed by atoms with Crippen LogP contribution < -0.4 is 5.32 Å². The summed E-state index contributed by atoms with van der Waals surface area (Å²) in [5, 5.41) is 8.80. The second-order valence-corrected chi connectivity index (χ2v) is 8.90. The summed E-state index contributed by atoms with van der Waals surface area (Å²) in [5.74, 6) is -1.30. The minimum absolute atomic E-state index is 0.0419. The molecule has 0 spiro atoms. The molecule has 1 saturated carbocycles. The molecule has 4 rings (SSSR count). The van der Waals surface area contributed by atoms with E-state index in [0.717, 1.165) is 31.2 Å². The molecular formula is C23H20Cl3N3O2. The van der Waals surface area contributed by atoms with E-state index >= 15 is 0 Å². The molecule has 8 heteroatoms. The Hall–Kier alpha value is -2.34. The van der Waals surface area contributed by atoms with E-state index in [1.165, 1.54) is 0 Å². The lowest BCUT2D eigenvalue weighted by Gasteiger charge is -2.11. The van der Waals surface area contributed by atoms with Gasteiger partial charge in [0.05, 0.1) is 16.4 Å². The van der Waals surface area contributed by atoms with E-state index in [1.807, 2.05) is 12.1 Å². The quantitative estimate of drug-likeness (QED) is 0.360. The number of aromatic nitrogens is 2. The molecule has 0 atom stereocenters. The Balaban J connectivity index is 1.80. The molecule has 1 fully saturated rings. The van der Waals surface area contributed by atoms with Gasteiger partial charge in [-0.25, -0.2) is 4.68 Å². The predicted molar refractivity (Wildman–Crippen MR) is 123 cm³/mol. The smallest absolute Gasteiger partial charge is 0.294 e. The van der Waals surface area contributed by atoms with Crippen LogP contribution in [-0.4, -0.2) is 27.5 Å². The molecule has 1 aromatic heterocycles. The van der Waals surface area contributed by atoms with Gasteiger partial charge < -0.3 is 5.32 Å². The Labute approximate surface area is 195 Å². The van der Waals surface area contributed by atoms with Gasteiger partial charge in [-0.15, -0.1) is 0 Å². The number of hydrogen-bond donors (Lipinski definition) is 1. The van der Waals surface area contributed by atoms with Crippen LogP contribution in [0.2, 0.25) is 15.1 Å². The van der Waals surface area contributed by atoms with Gasteiger partial charge in [-0.1, -0.05) is 59.8 Å². The maximum Gasteiger partial charge on any atom is 0.294 e. The third-order valence-electron chi connectivity index (χ3n) is 5.49. The number of halogens is 3. The molecule has 0 radical (unpaired) electrons. The number of carbonyl (C=O) groups excluding carboxylic acids is 2. The number of amides is 1. The molecule has 1 aliphatic rings. The van der Waals surface area contributed by atoms with Crippen LogP contribution >= 0.6 is 34.8 Å². The lowest BCUT2D eigenvalue weighted by Crippen LogP contribution is -2.38.